The average molecular weight is 304 g/mol. The van der Waals surface area contributed by atoms with E-state index in [4.69, 9.17) is 4.74 Å². The van der Waals surface area contributed by atoms with Crippen LogP contribution >= 0.6 is 0 Å². The van der Waals surface area contributed by atoms with E-state index >= 15 is 0 Å². The van der Waals surface area contributed by atoms with E-state index < -0.39 is 16.1 Å². The smallest absolute Gasteiger partial charge is 0.241 e. The summed E-state index contributed by atoms with van der Waals surface area (Å²) in [6.45, 7) is 4.15. The third kappa shape index (κ3) is 3.51. The van der Waals surface area contributed by atoms with Crippen molar-refractivity contribution in [2.45, 2.75) is 44.8 Å². The molecule has 0 saturated carbocycles. The maximum absolute atomic E-state index is 12.6. The number of amides is 1. The molecule has 0 aromatic carbocycles. The normalized spacial score (nSPS) is 29.4. The predicted octanol–water partition coefficient (Wildman–Crippen LogP) is 0.438. The molecule has 2 atom stereocenters. The van der Waals surface area contributed by atoms with Crippen LogP contribution in [0.4, 0.5) is 0 Å². The van der Waals surface area contributed by atoms with Crippen molar-refractivity contribution in [2.24, 2.45) is 0 Å². The van der Waals surface area contributed by atoms with E-state index in [1.807, 2.05) is 6.92 Å². The van der Waals surface area contributed by atoms with Gasteiger partial charge in [-0.3, -0.25) is 4.79 Å². The standard InChI is InChI=1S/C13H24N2O4S/c1-3-11-10-14(8-9-19-11)13(16)12-6-4-5-7-15(12)20(2,17)18/h11-12H,3-10H2,1-2H3/t11-,12+/m1/s1. The highest BCUT2D eigenvalue weighted by atomic mass is 32.2. The summed E-state index contributed by atoms with van der Waals surface area (Å²) >= 11 is 0. The van der Waals surface area contributed by atoms with Crippen LogP contribution in [0.25, 0.3) is 0 Å². The molecule has 2 saturated heterocycles. The highest BCUT2D eigenvalue weighted by molar-refractivity contribution is 7.88. The number of sulfonamides is 1. The minimum Gasteiger partial charge on any atom is -0.375 e. The van der Waals surface area contributed by atoms with Crippen molar-refractivity contribution in [3.63, 3.8) is 0 Å². The van der Waals surface area contributed by atoms with Gasteiger partial charge in [0.1, 0.15) is 6.04 Å². The minimum atomic E-state index is -3.32. The number of rotatable bonds is 3. The molecule has 2 aliphatic rings. The lowest BCUT2D eigenvalue weighted by Crippen LogP contribution is -2.56. The van der Waals surface area contributed by atoms with Crippen LogP contribution in [0.3, 0.4) is 0 Å². The van der Waals surface area contributed by atoms with Gasteiger partial charge in [0.25, 0.3) is 0 Å². The van der Waals surface area contributed by atoms with Crippen molar-refractivity contribution in [3.8, 4) is 0 Å². The van der Waals surface area contributed by atoms with E-state index in [1.165, 1.54) is 10.6 Å². The molecule has 2 heterocycles. The molecular weight excluding hydrogens is 280 g/mol. The molecule has 0 aliphatic carbocycles. The fourth-order valence-corrected chi connectivity index (χ4v) is 4.04. The van der Waals surface area contributed by atoms with Crippen LogP contribution in [0.1, 0.15) is 32.6 Å². The molecule has 116 valence electrons. The predicted molar refractivity (Wildman–Crippen MR) is 75.8 cm³/mol. The van der Waals surface area contributed by atoms with Crippen LogP contribution in [-0.2, 0) is 19.6 Å². The summed E-state index contributed by atoms with van der Waals surface area (Å²) in [5.74, 6) is -0.0584. The maximum atomic E-state index is 12.6. The van der Waals surface area contributed by atoms with Crippen molar-refractivity contribution < 1.29 is 17.9 Å². The Kier molecular flexibility index (Phi) is 5.04. The monoisotopic (exact) mass is 304 g/mol. The van der Waals surface area contributed by atoms with Gasteiger partial charge in [0, 0.05) is 19.6 Å². The van der Waals surface area contributed by atoms with Gasteiger partial charge in [0.2, 0.25) is 15.9 Å². The largest absolute Gasteiger partial charge is 0.375 e. The Labute approximate surface area is 121 Å². The summed E-state index contributed by atoms with van der Waals surface area (Å²) in [6.07, 6.45) is 4.49. The Balaban J connectivity index is 2.09. The number of morpholine rings is 1. The van der Waals surface area contributed by atoms with Crippen LogP contribution in [0.5, 0.6) is 0 Å². The summed E-state index contributed by atoms with van der Waals surface area (Å²) in [5.41, 5.74) is 0. The first-order valence-corrected chi connectivity index (χ1v) is 9.15. The van der Waals surface area contributed by atoms with Gasteiger partial charge in [-0.15, -0.1) is 0 Å². The van der Waals surface area contributed by atoms with Gasteiger partial charge in [-0.2, -0.15) is 4.31 Å². The molecule has 20 heavy (non-hydrogen) atoms. The average Bonchev–Trinajstić information content (AvgIpc) is 2.45. The molecule has 2 aliphatic heterocycles. The third-order valence-corrected chi connectivity index (χ3v) is 5.36. The molecule has 0 aromatic rings. The van der Waals surface area contributed by atoms with Crippen molar-refractivity contribution in [1.82, 2.24) is 9.21 Å². The molecule has 0 aromatic heterocycles. The van der Waals surface area contributed by atoms with Gasteiger partial charge < -0.3 is 9.64 Å². The highest BCUT2D eigenvalue weighted by Crippen LogP contribution is 2.22. The summed E-state index contributed by atoms with van der Waals surface area (Å²) < 4.78 is 30.6. The maximum Gasteiger partial charge on any atom is 0.241 e. The second kappa shape index (κ2) is 6.41. The lowest BCUT2D eigenvalue weighted by Gasteiger charge is -2.39. The summed E-state index contributed by atoms with van der Waals surface area (Å²) in [7, 11) is -3.32. The molecule has 2 fully saturated rings. The topological polar surface area (TPSA) is 66.9 Å². The number of carbonyl (C=O) groups is 1. The fraction of sp³-hybridized carbons (Fsp3) is 0.923. The first kappa shape index (κ1) is 15.7. The van der Waals surface area contributed by atoms with Crippen LogP contribution < -0.4 is 0 Å². The molecule has 0 unspecified atom stereocenters. The fourth-order valence-electron chi connectivity index (χ4n) is 2.93. The van der Waals surface area contributed by atoms with Gasteiger partial charge >= 0.3 is 0 Å². The number of nitrogens with zero attached hydrogens (tertiary/aromatic N) is 2. The highest BCUT2D eigenvalue weighted by Gasteiger charge is 2.37. The molecule has 0 spiro atoms. The summed E-state index contributed by atoms with van der Waals surface area (Å²) in [6, 6.07) is -0.519. The van der Waals surface area contributed by atoms with Crippen LogP contribution in [0.15, 0.2) is 0 Å². The number of piperidine rings is 1. The number of hydrogen-bond donors (Lipinski definition) is 0. The van der Waals surface area contributed by atoms with Crippen LogP contribution in [0.2, 0.25) is 0 Å². The SMILES string of the molecule is CC[C@@H]1CN(C(=O)[C@@H]2CCCCN2S(C)(=O)=O)CCO1. The van der Waals surface area contributed by atoms with E-state index in [0.29, 0.717) is 32.7 Å². The van der Waals surface area contributed by atoms with Crippen molar-refractivity contribution in [1.29, 1.82) is 0 Å². The zero-order valence-corrected chi connectivity index (χ0v) is 13.1. The Morgan fingerprint density at radius 2 is 2.05 bits per heavy atom. The van der Waals surface area contributed by atoms with E-state index in [9.17, 15) is 13.2 Å². The van der Waals surface area contributed by atoms with E-state index in [2.05, 4.69) is 0 Å². The molecule has 0 radical (unpaired) electrons. The molecule has 6 nitrogen and oxygen atoms in total. The number of hydrogen-bond acceptors (Lipinski definition) is 4. The molecule has 7 heteroatoms. The van der Waals surface area contributed by atoms with E-state index in [-0.39, 0.29) is 12.0 Å². The van der Waals surface area contributed by atoms with Crippen LogP contribution in [0, 0.1) is 0 Å². The Morgan fingerprint density at radius 1 is 1.30 bits per heavy atom. The second-order valence-electron chi connectivity index (χ2n) is 5.57. The van der Waals surface area contributed by atoms with Crippen molar-refractivity contribution >= 4 is 15.9 Å². The Hall–Kier alpha value is -0.660. The Morgan fingerprint density at radius 3 is 2.70 bits per heavy atom. The second-order valence-corrected chi connectivity index (χ2v) is 7.51. The first-order chi connectivity index (χ1) is 9.43. The Bertz CT molecular complexity index is 451. The summed E-state index contributed by atoms with van der Waals surface area (Å²) in [4.78, 5) is 14.4. The van der Waals surface area contributed by atoms with Gasteiger partial charge in [0.15, 0.2) is 0 Å². The lowest BCUT2D eigenvalue weighted by molar-refractivity contribution is -0.143. The molecule has 0 N–H and O–H groups in total. The lowest BCUT2D eigenvalue weighted by atomic mass is 10.0. The minimum absolute atomic E-state index is 0.0584. The first-order valence-electron chi connectivity index (χ1n) is 7.30. The van der Waals surface area contributed by atoms with E-state index in [1.54, 1.807) is 4.90 Å². The molecule has 1 amide bonds. The van der Waals surface area contributed by atoms with Crippen molar-refractivity contribution in [3.05, 3.63) is 0 Å². The van der Waals surface area contributed by atoms with Gasteiger partial charge in [-0.25, -0.2) is 8.42 Å². The molecular formula is C13H24N2O4S. The van der Waals surface area contributed by atoms with Gasteiger partial charge in [-0.05, 0) is 19.3 Å². The zero-order valence-electron chi connectivity index (χ0n) is 12.2. The van der Waals surface area contributed by atoms with Crippen molar-refractivity contribution in [2.75, 3.05) is 32.5 Å². The van der Waals surface area contributed by atoms with Crippen LogP contribution in [-0.4, -0.2) is 68.2 Å². The summed E-state index contributed by atoms with van der Waals surface area (Å²) in [5, 5.41) is 0. The number of carbonyl (C=O) groups excluding carboxylic acids is 1. The van der Waals surface area contributed by atoms with Gasteiger partial charge in [-0.1, -0.05) is 13.3 Å². The van der Waals surface area contributed by atoms with E-state index in [0.717, 1.165) is 19.3 Å². The zero-order chi connectivity index (χ0) is 14.8. The quantitative estimate of drug-likeness (QED) is 0.759. The molecule has 0 bridgehead atoms. The third-order valence-electron chi connectivity index (χ3n) is 4.07. The molecule has 2 rings (SSSR count). The van der Waals surface area contributed by atoms with Gasteiger partial charge in [0.05, 0.1) is 19.0 Å². The number of ether oxygens (including phenoxy) is 1.